The summed E-state index contributed by atoms with van der Waals surface area (Å²) >= 11 is 0. The molecule has 5 nitrogen and oxygen atoms in total. The van der Waals surface area contributed by atoms with E-state index in [-0.39, 0.29) is 12.5 Å². The van der Waals surface area contributed by atoms with Gasteiger partial charge in [0.2, 0.25) is 5.91 Å². The maximum Gasteiger partial charge on any atom is 0.326 e. The third-order valence-corrected chi connectivity index (χ3v) is 3.56. The van der Waals surface area contributed by atoms with E-state index in [2.05, 4.69) is 11.4 Å². The molecule has 0 saturated carbocycles. The Morgan fingerprint density at radius 3 is 2.90 bits per heavy atom. The van der Waals surface area contributed by atoms with Crippen molar-refractivity contribution in [1.82, 2.24) is 5.32 Å². The van der Waals surface area contributed by atoms with Crippen molar-refractivity contribution in [2.75, 3.05) is 18.0 Å². The summed E-state index contributed by atoms with van der Waals surface area (Å²) in [5.41, 5.74) is 2.29. The number of nitrogens with zero attached hydrogens (tertiary/aromatic N) is 1. The lowest BCUT2D eigenvalue weighted by atomic mass is 10.2. The lowest BCUT2D eigenvalue weighted by Crippen LogP contribution is -2.45. The van der Waals surface area contributed by atoms with Gasteiger partial charge in [-0.15, -0.1) is 0 Å². The maximum absolute atomic E-state index is 12.0. The first-order valence-electron chi connectivity index (χ1n) is 7.08. The molecule has 1 aromatic rings. The lowest BCUT2D eigenvalue weighted by Gasteiger charge is -2.20. The Morgan fingerprint density at radius 1 is 1.43 bits per heavy atom. The topological polar surface area (TPSA) is 69.6 Å². The maximum atomic E-state index is 12.0. The Hall–Kier alpha value is -2.30. The van der Waals surface area contributed by atoms with Crippen LogP contribution in [0.3, 0.4) is 0 Å². The predicted octanol–water partition coefficient (Wildman–Crippen LogP) is 1.58. The van der Waals surface area contributed by atoms with Crippen LogP contribution in [0.1, 0.15) is 18.9 Å². The quantitative estimate of drug-likeness (QED) is 0.780. The van der Waals surface area contributed by atoms with E-state index in [1.807, 2.05) is 30.0 Å². The van der Waals surface area contributed by atoms with E-state index in [9.17, 15) is 9.59 Å². The second-order valence-corrected chi connectivity index (χ2v) is 5.06. The molecule has 1 aliphatic heterocycles. The fourth-order valence-corrected chi connectivity index (χ4v) is 2.48. The minimum atomic E-state index is -1.01. The van der Waals surface area contributed by atoms with E-state index in [0.29, 0.717) is 6.42 Å². The Labute approximate surface area is 124 Å². The molecule has 0 aliphatic carbocycles. The van der Waals surface area contributed by atoms with Gasteiger partial charge < -0.3 is 15.3 Å². The van der Waals surface area contributed by atoms with Gasteiger partial charge in [-0.05, 0) is 31.4 Å². The highest BCUT2D eigenvalue weighted by molar-refractivity contribution is 5.87. The number of anilines is 1. The standard InChI is InChI=1S/C16H20N2O3/c1-2-3-7-13(16(20)21)17-15(19)11-18-10-9-12-6-4-5-8-14(12)18/h2-6,8,13H,7,9-11H2,1H3,(H,17,19)(H,20,21)/b3-2+. The highest BCUT2D eigenvalue weighted by Crippen LogP contribution is 2.26. The minimum Gasteiger partial charge on any atom is -0.480 e. The fraction of sp³-hybridized carbons (Fsp3) is 0.375. The van der Waals surface area contributed by atoms with Crippen molar-refractivity contribution in [3.63, 3.8) is 0 Å². The number of para-hydroxylation sites is 1. The van der Waals surface area contributed by atoms with Crippen LogP contribution in [-0.2, 0) is 16.0 Å². The number of carbonyl (C=O) groups is 2. The summed E-state index contributed by atoms with van der Waals surface area (Å²) < 4.78 is 0. The third kappa shape index (κ3) is 3.84. The highest BCUT2D eigenvalue weighted by Gasteiger charge is 2.23. The Kier molecular flexibility index (Phi) is 4.98. The van der Waals surface area contributed by atoms with Crippen LogP contribution in [0.2, 0.25) is 0 Å². The summed E-state index contributed by atoms with van der Waals surface area (Å²) in [5.74, 6) is -1.27. The van der Waals surface area contributed by atoms with Crippen molar-refractivity contribution in [3.05, 3.63) is 42.0 Å². The Bertz CT molecular complexity index is 554. The van der Waals surface area contributed by atoms with Crippen molar-refractivity contribution < 1.29 is 14.7 Å². The summed E-state index contributed by atoms with van der Waals surface area (Å²) in [7, 11) is 0. The van der Waals surface area contributed by atoms with Crippen molar-refractivity contribution in [2.45, 2.75) is 25.8 Å². The van der Waals surface area contributed by atoms with E-state index in [1.54, 1.807) is 12.2 Å². The van der Waals surface area contributed by atoms with Crippen molar-refractivity contribution in [1.29, 1.82) is 0 Å². The number of carbonyl (C=O) groups excluding carboxylic acids is 1. The fourth-order valence-electron chi connectivity index (χ4n) is 2.48. The van der Waals surface area contributed by atoms with Gasteiger partial charge in [-0.25, -0.2) is 4.79 Å². The van der Waals surface area contributed by atoms with E-state index in [1.165, 1.54) is 5.56 Å². The molecule has 0 fully saturated rings. The number of nitrogens with one attached hydrogen (secondary N) is 1. The lowest BCUT2D eigenvalue weighted by molar-refractivity contribution is -0.141. The number of aliphatic carboxylic acids is 1. The van der Waals surface area contributed by atoms with Gasteiger partial charge in [0.15, 0.2) is 0 Å². The minimum absolute atomic E-state index is 0.191. The van der Waals surface area contributed by atoms with Crippen molar-refractivity contribution in [2.24, 2.45) is 0 Å². The zero-order valence-corrected chi connectivity index (χ0v) is 12.1. The SMILES string of the molecule is C/C=C/CC(NC(=O)CN1CCc2ccccc21)C(=O)O. The average molecular weight is 288 g/mol. The predicted molar refractivity (Wildman–Crippen MR) is 81.4 cm³/mol. The van der Waals surface area contributed by atoms with Gasteiger partial charge in [-0.1, -0.05) is 30.4 Å². The number of fused-ring (bicyclic) bond motifs is 1. The van der Waals surface area contributed by atoms with Crippen molar-refractivity contribution in [3.8, 4) is 0 Å². The highest BCUT2D eigenvalue weighted by atomic mass is 16.4. The number of hydrogen-bond donors (Lipinski definition) is 2. The molecule has 21 heavy (non-hydrogen) atoms. The first kappa shape index (κ1) is 15.1. The molecule has 0 radical (unpaired) electrons. The van der Waals surface area contributed by atoms with E-state index in [0.717, 1.165) is 18.7 Å². The largest absolute Gasteiger partial charge is 0.480 e. The molecule has 1 aromatic carbocycles. The van der Waals surface area contributed by atoms with Crippen LogP contribution in [0.5, 0.6) is 0 Å². The molecule has 0 bridgehead atoms. The molecule has 1 unspecified atom stereocenters. The number of carboxylic acids is 1. The third-order valence-electron chi connectivity index (χ3n) is 3.56. The number of amides is 1. The second kappa shape index (κ2) is 6.92. The van der Waals surface area contributed by atoms with Gasteiger partial charge in [0.25, 0.3) is 0 Å². The molecule has 2 N–H and O–H groups in total. The zero-order chi connectivity index (χ0) is 15.2. The summed E-state index contributed by atoms with van der Waals surface area (Å²) in [4.78, 5) is 25.1. The molecule has 5 heteroatoms. The number of allylic oxidation sites excluding steroid dienone is 1. The summed E-state index contributed by atoms with van der Waals surface area (Å²) in [5, 5.41) is 11.7. The Balaban J connectivity index is 1.94. The molecule has 1 aliphatic rings. The molecule has 112 valence electrons. The zero-order valence-electron chi connectivity index (χ0n) is 12.1. The molecule has 0 saturated heterocycles. The first-order valence-corrected chi connectivity index (χ1v) is 7.08. The molecular formula is C16H20N2O3. The van der Waals surface area contributed by atoms with Crippen LogP contribution in [0.4, 0.5) is 5.69 Å². The van der Waals surface area contributed by atoms with Crippen LogP contribution < -0.4 is 10.2 Å². The number of benzene rings is 1. The van der Waals surface area contributed by atoms with Crippen LogP contribution in [0.15, 0.2) is 36.4 Å². The summed E-state index contributed by atoms with van der Waals surface area (Å²) in [6.45, 7) is 2.80. The van der Waals surface area contributed by atoms with Crippen LogP contribution in [-0.4, -0.2) is 36.1 Å². The van der Waals surface area contributed by atoms with E-state index >= 15 is 0 Å². The summed E-state index contributed by atoms with van der Waals surface area (Å²) in [6.07, 6.45) is 4.74. The van der Waals surface area contributed by atoms with Gasteiger partial charge in [-0.2, -0.15) is 0 Å². The molecule has 2 rings (SSSR count). The average Bonchev–Trinajstić information content (AvgIpc) is 2.86. The molecule has 0 aromatic heterocycles. The molecule has 1 heterocycles. The molecule has 1 atom stereocenters. The van der Waals surface area contributed by atoms with Crippen molar-refractivity contribution >= 4 is 17.6 Å². The van der Waals surface area contributed by atoms with Crippen LogP contribution in [0, 0.1) is 0 Å². The van der Waals surface area contributed by atoms with E-state index in [4.69, 9.17) is 5.11 Å². The second-order valence-electron chi connectivity index (χ2n) is 5.06. The molecule has 1 amide bonds. The van der Waals surface area contributed by atoms with Gasteiger partial charge in [-0.3, -0.25) is 4.79 Å². The van der Waals surface area contributed by atoms with Gasteiger partial charge in [0.1, 0.15) is 6.04 Å². The van der Waals surface area contributed by atoms with E-state index < -0.39 is 12.0 Å². The van der Waals surface area contributed by atoms with Gasteiger partial charge >= 0.3 is 5.97 Å². The normalized spacial score (nSPS) is 15.0. The number of carboxylic acid groups (broad SMARTS) is 1. The summed E-state index contributed by atoms with van der Waals surface area (Å²) in [6, 6.07) is 7.11. The first-order chi connectivity index (χ1) is 10.1. The smallest absolute Gasteiger partial charge is 0.326 e. The molecular weight excluding hydrogens is 268 g/mol. The number of hydrogen-bond acceptors (Lipinski definition) is 3. The van der Waals surface area contributed by atoms with Crippen LogP contribution >= 0.6 is 0 Å². The van der Waals surface area contributed by atoms with Gasteiger partial charge in [0, 0.05) is 12.2 Å². The molecule has 0 spiro atoms. The number of rotatable bonds is 6. The van der Waals surface area contributed by atoms with Crippen LogP contribution in [0.25, 0.3) is 0 Å². The van der Waals surface area contributed by atoms with Gasteiger partial charge in [0.05, 0.1) is 6.54 Å². The Morgan fingerprint density at radius 2 is 2.19 bits per heavy atom. The monoisotopic (exact) mass is 288 g/mol.